The van der Waals surface area contributed by atoms with Crippen molar-refractivity contribution in [3.63, 3.8) is 0 Å². The van der Waals surface area contributed by atoms with Gasteiger partial charge in [-0.3, -0.25) is 0 Å². The number of halogens is 1. The molecular formula is C17H24BrNO. The first-order chi connectivity index (χ1) is 9.56. The van der Waals surface area contributed by atoms with Gasteiger partial charge in [0.1, 0.15) is 5.75 Å². The highest BCUT2D eigenvalue weighted by atomic mass is 79.9. The maximum Gasteiger partial charge on any atom is 0.126 e. The number of aryl methyl sites for hydroxylation is 1. The average Bonchev–Trinajstić information content (AvgIpc) is 3.03. The van der Waals surface area contributed by atoms with Gasteiger partial charge in [0, 0.05) is 16.1 Å². The number of fused-ring (bicyclic) bond motifs is 1. The highest BCUT2D eigenvalue weighted by molar-refractivity contribution is 9.10. The molecule has 2 saturated carbocycles. The average molecular weight is 338 g/mol. The van der Waals surface area contributed by atoms with Crippen molar-refractivity contribution in [1.82, 2.24) is 5.32 Å². The van der Waals surface area contributed by atoms with Gasteiger partial charge < -0.3 is 10.1 Å². The molecule has 1 aromatic rings. The summed E-state index contributed by atoms with van der Waals surface area (Å²) >= 11 is 3.70. The van der Waals surface area contributed by atoms with E-state index in [0.29, 0.717) is 6.04 Å². The first-order valence-corrected chi connectivity index (χ1v) is 8.37. The molecule has 1 N–H and O–H groups in total. The van der Waals surface area contributed by atoms with Gasteiger partial charge in [-0.2, -0.15) is 0 Å². The summed E-state index contributed by atoms with van der Waals surface area (Å²) in [5.41, 5.74) is 3.88. The molecule has 110 valence electrons. The molecule has 3 heteroatoms. The van der Waals surface area contributed by atoms with E-state index in [9.17, 15) is 0 Å². The lowest BCUT2D eigenvalue weighted by Crippen LogP contribution is -2.26. The predicted molar refractivity (Wildman–Crippen MR) is 86.3 cm³/mol. The number of rotatable bonds is 4. The van der Waals surface area contributed by atoms with E-state index in [0.717, 1.165) is 23.5 Å². The Labute approximate surface area is 130 Å². The standard InChI is InChI=1S/C17H24BrNO/c1-9-5-14(18)10(2)15(17(9)20-4)16(19-3)13-7-11-6-12(11)8-13/h5,11-13,16,19H,6-8H2,1-4H3. The van der Waals surface area contributed by atoms with Crippen molar-refractivity contribution >= 4 is 15.9 Å². The molecule has 0 spiro atoms. The van der Waals surface area contributed by atoms with Crippen LogP contribution in [-0.4, -0.2) is 14.2 Å². The Morgan fingerprint density at radius 3 is 2.45 bits per heavy atom. The molecule has 3 rings (SSSR count). The second-order valence-corrected chi connectivity index (χ2v) is 7.36. The van der Waals surface area contributed by atoms with Crippen LogP contribution in [0.3, 0.4) is 0 Å². The van der Waals surface area contributed by atoms with Crippen molar-refractivity contribution in [2.75, 3.05) is 14.2 Å². The number of benzene rings is 1. The molecule has 3 atom stereocenters. The normalized spacial score (nSPS) is 29.1. The molecule has 2 aliphatic rings. The Hall–Kier alpha value is -0.540. The topological polar surface area (TPSA) is 21.3 Å². The van der Waals surface area contributed by atoms with Gasteiger partial charge in [0.05, 0.1) is 7.11 Å². The fourth-order valence-electron chi connectivity index (χ4n) is 4.17. The van der Waals surface area contributed by atoms with Crippen LogP contribution < -0.4 is 10.1 Å². The zero-order chi connectivity index (χ0) is 14.4. The van der Waals surface area contributed by atoms with E-state index >= 15 is 0 Å². The van der Waals surface area contributed by atoms with Crippen LogP contribution in [0.4, 0.5) is 0 Å². The highest BCUT2D eigenvalue weighted by Crippen LogP contribution is 2.58. The van der Waals surface area contributed by atoms with E-state index < -0.39 is 0 Å². The minimum Gasteiger partial charge on any atom is -0.496 e. The Morgan fingerprint density at radius 2 is 1.90 bits per heavy atom. The SMILES string of the molecule is CNC(c1c(C)c(Br)cc(C)c1OC)C1CC2CC2C1. The van der Waals surface area contributed by atoms with Crippen molar-refractivity contribution in [1.29, 1.82) is 0 Å². The summed E-state index contributed by atoms with van der Waals surface area (Å²) in [6, 6.07) is 2.57. The molecular weight excluding hydrogens is 314 g/mol. The van der Waals surface area contributed by atoms with Crippen LogP contribution in [0.15, 0.2) is 10.5 Å². The third-order valence-electron chi connectivity index (χ3n) is 5.29. The van der Waals surface area contributed by atoms with E-state index in [1.807, 2.05) is 0 Å². The van der Waals surface area contributed by atoms with Crippen LogP contribution in [0.1, 0.15) is 42.0 Å². The lowest BCUT2D eigenvalue weighted by molar-refractivity contribution is 0.337. The number of hydrogen-bond acceptors (Lipinski definition) is 2. The van der Waals surface area contributed by atoms with Gasteiger partial charge in [-0.05, 0) is 75.1 Å². The van der Waals surface area contributed by atoms with Gasteiger partial charge >= 0.3 is 0 Å². The Balaban J connectivity index is 2.01. The van der Waals surface area contributed by atoms with Crippen LogP contribution in [-0.2, 0) is 0 Å². The number of methoxy groups -OCH3 is 1. The Bertz CT molecular complexity index is 518. The molecule has 2 nitrogen and oxygen atoms in total. The molecule has 2 fully saturated rings. The lowest BCUT2D eigenvalue weighted by Gasteiger charge is -2.29. The van der Waals surface area contributed by atoms with E-state index in [1.165, 1.54) is 40.4 Å². The van der Waals surface area contributed by atoms with E-state index in [-0.39, 0.29) is 0 Å². The van der Waals surface area contributed by atoms with Gasteiger partial charge in [-0.1, -0.05) is 15.9 Å². The minimum atomic E-state index is 0.411. The first-order valence-electron chi connectivity index (χ1n) is 7.57. The van der Waals surface area contributed by atoms with Crippen LogP contribution in [0.2, 0.25) is 0 Å². The maximum atomic E-state index is 5.73. The second-order valence-electron chi connectivity index (χ2n) is 6.50. The molecule has 0 saturated heterocycles. The molecule has 1 aromatic carbocycles. The summed E-state index contributed by atoms with van der Waals surface area (Å²) in [5.74, 6) is 3.83. The summed E-state index contributed by atoms with van der Waals surface area (Å²) in [6.07, 6.45) is 4.23. The number of ether oxygens (including phenoxy) is 1. The van der Waals surface area contributed by atoms with Crippen molar-refractivity contribution < 1.29 is 4.74 Å². The molecule has 20 heavy (non-hydrogen) atoms. The van der Waals surface area contributed by atoms with Crippen LogP contribution in [0.5, 0.6) is 5.75 Å². The monoisotopic (exact) mass is 337 g/mol. The van der Waals surface area contributed by atoms with Crippen molar-refractivity contribution in [2.24, 2.45) is 17.8 Å². The molecule has 0 aromatic heterocycles. The van der Waals surface area contributed by atoms with Crippen LogP contribution in [0, 0.1) is 31.6 Å². The zero-order valence-electron chi connectivity index (χ0n) is 12.8. The summed E-state index contributed by atoms with van der Waals surface area (Å²) < 4.78 is 6.92. The summed E-state index contributed by atoms with van der Waals surface area (Å²) in [7, 11) is 3.88. The number of nitrogens with one attached hydrogen (secondary N) is 1. The van der Waals surface area contributed by atoms with Crippen LogP contribution >= 0.6 is 15.9 Å². The number of hydrogen-bond donors (Lipinski definition) is 1. The molecule has 0 heterocycles. The van der Waals surface area contributed by atoms with E-state index in [2.05, 4.69) is 48.2 Å². The highest BCUT2D eigenvalue weighted by Gasteiger charge is 2.48. The van der Waals surface area contributed by atoms with Crippen LogP contribution in [0.25, 0.3) is 0 Å². The third kappa shape index (κ3) is 2.29. The van der Waals surface area contributed by atoms with Gasteiger partial charge in [-0.25, -0.2) is 0 Å². The summed E-state index contributed by atoms with van der Waals surface area (Å²) in [4.78, 5) is 0. The predicted octanol–water partition coefficient (Wildman–Crippen LogP) is 4.38. The zero-order valence-corrected chi connectivity index (χ0v) is 14.4. The van der Waals surface area contributed by atoms with Crippen molar-refractivity contribution in [2.45, 2.75) is 39.2 Å². The van der Waals surface area contributed by atoms with Crippen molar-refractivity contribution in [3.8, 4) is 5.75 Å². The molecule has 3 unspecified atom stereocenters. The minimum absolute atomic E-state index is 0.411. The molecule has 0 radical (unpaired) electrons. The fraction of sp³-hybridized carbons (Fsp3) is 0.647. The third-order valence-corrected chi connectivity index (χ3v) is 6.11. The summed E-state index contributed by atoms with van der Waals surface area (Å²) in [5, 5.41) is 3.57. The van der Waals surface area contributed by atoms with Crippen molar-refractivity contribution in [3.05, 3.63) is 27.2 Å². The first kappa shape index (κ1) is 14.4. The Morgan fingerprint density at radius 1 is 1.25 bits per heavy atom. The van der Waals surface area contributed by atoms with Gasteiger partial charge in [0.2, 0.25) is 0 Å². The van der Waals surface area contributed by atoms with E-state index in [4.69, 9.17) is 4.74 Å². The quantitative estimate of drug-likeness (QED) is 0.880. The molecule has 0 bridgehead atoms. The second kappa shape index (κ2) is 5.34. The summed E-state index contributed by atoms with van der Waals surface area (Å²) in [6.45, 7) is 4.33. The van der Waals surface area contributed by atoms with Gasteiger partial charge in [-0.15, -0.1) is 0 Å². The Kier molecular flexibility index (Phi) is 3.85. The smallest absolute Gasteiger partial charge is 0.126 e. The molecule has 0 aliphatic heterocycles. The fourth-order valence-corrected chi connectivity index (χ4v) is 4.73. The van der Waals surface area contributed by atoms with Gasteiger partial charge in [0.25, 0.3) is 0 Å². The van der Waals surface area contributed by atoms with Gasteiger partial charge in [0.15, 0.2) is 0 Å². The lowest BCUT2D eigenvalue weighted by atomic mass is 9.85. The molecule has 0 amide bonds. The molecule has 2 aliphatic carbocycles. The maximum absolute atomic E-state index is 5.73. The van der Waals surface area contributed by atoms with E-state index in [1.54, 1.807) is 7.11 Å². The largest absolute Gasteiger partial charge is 0.496 e.